The van der Waals surface area contributed by atoms with Gasteiger partial charge in [0.1, 0.15) is 5.82 Å². The van der Waals surface area contributed by atoms with E-state index in [0.717, 1.165) is 5.56 Å². The van der Waals surface area contributed by atoms with Crippen LogP contribution in [0.1, 0.15) is 17.9 Å². The molecule has 2 aromatic carbocycles. The summed E-state index contributed by atoms with van der Waals surface area (Å²) >= 11 is 6.00. The summed E-state index contributed by atoms with van der Waals surface area (Å²) in [5.74, 6) is -0.885. The molecule has 150 valence electrons. The molecule has 0 aliphatic rings. The topological polar surface area (TPSA) is 94.3 Å². The van der Waals surface area contributed by atoms with Crippen molar-refractivity contribution in [2.24, 2.45) is 0 Å². The van der Waals surface area contributed by atoms with Gasteiger partial charge in [0.2, 0.25) is 11.7 Å². The Morgan fingerprint density at radius 1 is 1.21 bits per heavy atom. The van der Waals surface area contributed by atoms with Crippen LogP contribution >= 0.6 is 11.6 Å². The van der Waals surface area contributed by atoms with Crippen molar-refractivity contribution in [3.05, 3.63) is 64.8 Å². The third-order valence-corrected chi connectivity index (χ3v) is 4.43. The van der Waals surface area contributed by atoms with Crippen molar-refractivity contribution in [2.75, 3.05) is 11.9 Å². The molecule has 0 radical (unpaired) electrons. The highest BCUT2D eigenvalue weighted by Gasteiger charge is 2.13. The summed E-state index contributed by atoms with van der Waals surface area (Å²) in [4.78, 5) is 27.9. The van der Waals surface area contributed by atoms with Crippen LogP contribution < -0.4 is 5.32 Å². The Hall–Kier alpha value is -3.26. The Morgan fingerprint density at radius 2 is 1.97 bits per heavy atom. The van der Waals surface area contributed by atoms with Gasteiger partial charge in [-0.1, -0.05) is 22.8 Å². The molecule has 1 heterocycles. The largest absolute Gasteiger partial charge is 0.456 e. The molecule has 29 heavy (non-hydrogen) atoms. The van der Waals surface area contributed by atoms with Gasteiger partial charge in [-0.25, -0.2) is 4.39 Å². The Labute approximate surface area is 170 Å². The second kappa shape index (κ2) is 9.29. The van der Waals surface area contributed by atoms with E-state index in [1.807, 2.05) is 0 Å². The van der Waals surface area contributed by atoms with Crippen molar-refractivity contribution in [1.82, 2.24) is 10.1 Å². The molecule has 3 rings (SSSR count). The lowest BCUT2D eigenvalue weighted by molar-refractivity contribution is -0.147. The fourth-order valence-electron chi connectivity index (χ4n) is 2.43. The summed E-state index contributed by atoms with van der Waals surface area (Å²) in [6.45, 7) is 1.35. The van der Waals surface area contributed by atoms with E-state index >= 15 is 0 Å². The molecule has 0 atom stereocenters. The van der Waals surface area contributed by atoms with Gasteiger partial charge >= 0.3 is 5.97 Å². The normalized spacial score (nSPS) is 10.6. The van der Waals surface area contributed by atoms with Crippen molar-refractivity contribution in [1.29, 1.82) is 0 Å². The SMILES string of the molecule is Cc1c(Cl)cccc1NC(=O)COC(=O)CCc1nc(-c2ccc(F)cc2)no1. The monoisotopic (exact) mass is 417 g/mol. The van der Waals surface area contributed by atoms with E-state index in [-0.39, 0.29) is 24.5 Å². The zero-order valence-corrected chi connectivity index (χ0v) is 16.2. The molecule has 0 fully saturated rings. The average Bonchev–Trinajstić information content (AvgIpc) is 3.18. The lowest BCUT2D eigenvalue weighted by Crippen LogP contribution is -2.21. The van der Waals surface area contributed by atoms with Crippen LogP contribution in [0.2, 0.25) is 5.02 Å². The van der Waals surface area contributed by atoms with E-state index in [9.17, 15) is 14.0 Å². The third-order valence-electron chi connectivity index (χ3n) is 4.02. The van der Waals surface area contributed by atoms with Crippen LogP contribution in [-0.2, 0) is 20.7 Å². The predicted molar refractivity (Wildman–Crippen MR) is 104 cm³/mol. The van der Waals surface area contributed by atoms with Crippen LogP contribution in [0.15, 0.2) is 47.0 Å². The Kier molecular flexibility index (Phi) is 6.56. The second-order valence-electron chi connectivity index (χ2n) is 6.14. The van der Waals surface area contributed by atoms with E-state index < -0.39 is 18.5 Å². The number of nitrogens with zero attached hydrogens (tertiary/aromatic N) is 2. The summed E-state index contributed by atoms with van der Waals surface area (Å²) in [5.41, 5.74) is 1.87. The van der Waals surface area contributed by atoms with E-state index in [1.54, 1.807) is 25.1 Å². The number of hydrogen-bond donors (Lipinski definition) is 1. The summed E-state index contributed by atoms with van der Waals surface area (Å²) in [7, 11) is 0. The number of esters is 1. The molecule has 0 aliphatic heterocycles. The average molecular weight is 418 g/mol. The number of nitrogens with one attached hydrogen (secondary N) is 1. The zero-order chi connectivity index (χ0) is 20.8. The first kappa shape index (κ1) is 20.5. The highest BCUT2D eigenvalue weighted by atomic mass is 35.5. The number of aromatic nitrogens is 2. The number of anilines is 1. The van der Waals surface area contributed by atoms with Crippen molar-refractivity contribution >= 4 is 29.2 Å². The molecule has 1 aromatic heterocycles. The molecule has 0 aliphatic carbocycles. The van der Waals surface area contributed by atoms with Gasteiger partial charge in [0.25, 0.3) is 5.91 Å². The van der Waals surface area contributed by atoms with E-state index in [2.05, 4.69) is 15.5 Å². The number of aryl methyl sites for hydroxylation is 1. The maximum absolute atomic E-state index is 13.0. The van der Waals surface area contributed by atoms with E-state index in [4.69, 9.17) is 20.9 Å². The Morgan fingerprint density at radius 3 is 2.72 bits per heavy atom. The standard InChI is InChI=1S/C20H17ClFN3O4/c1-12-15(21)3-2-4-16(12)23-17(26)11-28-19(27)10-9-18-24-20(25-29-18)13-5-7-14(22)8-6-13/h2-8H,9-11H2,1H3,(H,23,26). The molecule has 3 aromatic rings. The van der Waals surface area contributed by atoms with Gasteiger partial charge in [-0.05, 0) is 48.9 Å². The van der Waals surface area contributed by atoms with Gasteiger partial charge < -0.3 is 14.6 Å². The molecular weight excluding hydrogens is 401 g/mol. The molecule has 9 heteroatoms. The number of halogens is 2. The van der Waals surface area contributed by atoms with Gasteiger partial charge in [-0.15, -0.1) is 0 Å². The van der Waals surface area contributed by atoms with Gasteiger partial charge in [0.15, 0.2) is 6.61 Å². The number of benzene rings is 2. The zero-order valence-electron chi connectivity index (χ0n) is 15.4. The Bertz CT molecular complexity index is 1020. The second-order valence-corrected chi connectivity index (χ2v) is 6.55. The fraction of sp³-hybridized carbons (Fsp3) is 0.200. The van der Waals surface area contributed by atoms with Crippen LogP contribution in [0.25, 0.3) is 11.4 Å². The first-order valence-electron chi connectivity index (χ1n) is 8.71. The van der Waals surface area contributed by atoms with Crippen molar-refractivity contribution in [3.8, 4) is 11.4 Å². The number of carbonyl (C=O) groups is 2. The molecule has 0 bridgehead atoms. The minimum atomic E-state index is -0.579. The van der Waals surface area contributed by atoms with Crippen LogP contribution in [0.5, 0.6) is 0 Å². The van der Waals surface area contributed by atoms with E-state index in [0.29, 0.717) is 22.1 Å². The van der Waals surface area contributed by atoms with Gasteiger partial charge in [-0.3, -0.25) is 9.59 Å². The lowest BCUT2D eigenvalue weighted by Gasteiger charge is -2.09. The van der Waals surface area contributed by atoms with Gasteiger partial charge in [0, 0.05) is 22.7 Å². The van der Waals surface area contributed by atoms with Gasteiger partial charge in [0.05, 0.1) is 6.42 Å². The van der Waals surface area contributed by atoms with Gasteiger partial charge in [-0.2, -0.15) is 4.98 Å². The van der Waals surface area contributed by atoms with Crippen molar-refractivity contribution in [3.63, 3.8) is 0 Å². The summed E-state index contributed by atoms with van der Waals surface area (Å²) in [6, 6.07) is 10.8. The predicted octanol–water partition coefficient (Wildman–Crippen LogP) is 3.95. The van der Waals surface area contributed by atoms with Crippen LogP contribution in [0, 0.1) is 12.7 Å². The minimum Gasteiger partial charge on any atom is -0.456 e. The molecule has 0 spiro atoms. The lowest BCUT2D eigenvalue weighted by atomic mass is 10.2. The number of carbonyl (C=O) groups excluding carboxylic acids is 2. The maximum Gasteiger partial charge on any atom is 0.306 e. The summed E-state index contributed by atoms with van der Waals surface area (Å²) in [5, 5.41) is 6.96. The first-order chi connectivity index (χ1) is 13.9. The number of ether oxygens (including phenoxy) is 1. The Balaban J connectivity index is 1.45. The van der Waals surface area contributed by atoms with E-state index in [1.165, 1.54) is 24.3 Å². The number of rotatable bonds is 7. The molecule has 7 nitrogen and oxygen atoms in total. The van der Waals surface area contributed by atoms with Crippen molar-refractivity contribution < 1.29 is 23.2 Å². The van der Waals surface area contributed by atoms with Crippen LogP contribution in [0.3, 0.4) is 0 Å². The first-order valence-corrected chi connectivity index (χ1v) is 9.09. The number of amides is 1. The van der Waals surface area contributed by atoms with Crippen LogP contribution in [-0.4, -0.2) is 28.6 Å². The quantitative estimate of drug-likeness (QED) is 0.585. The molecule has 0 saturated carbocycles. The highest BCUT2D eigenvalue weighted by molar-refractivity contribution is 6.31. The maximum atomic E-state index is 13.0. The summed E-state index contributed by atoms with van der Waals surface area (Å²) in [6.07, 6.45) is 0.122. The molecular formula is C20H17ClFN3O4. The fourth-order valence-corrected chi connectivity index (χ4v) is 2.60. The molecule has 0 saturated heterocycles. The molecule has 0 unspecified atom stereocenters. The summed E-state index contributed by atoms with van der Waals surface area (Å²) < 4.78 is 23.0. The van der Waals surface area contributed by atoms with Crippen molar-refractivity contribution in [2.45, 2.75) is 19.8 Å². The minimum absolute atomic E-state index is 0.0332. The van der Waals surface area contributed by atoms with Crippen LogP contribution in [0.4, 0.5) is 10.1 Å². The number of hydrogen-bond acceptors (Lipinski definition) is 6. The third kappa shape index (κ3) is 5.61. The smallest absolute Gasteiger partial charge is 0.306 e. The highest BCUT2D eigenvalue weighted by Crippen LogP contribution is 2.22. The molecule has 1 amide bonds. The molecule has 1 N–H and O–H groups in total.